The van der Waals surface area contributed by atoms with Gasteiger partial charge in [-0.05, 0) is 43.0 Å². The molecule has 1 saturated heterocycles. The topological polar surface area (TPSA) is 76.5 Å². The smallest absolute Gasteiger partial charge is 0.274 e. The summed E-state index contributed by atoms with van der Waals surface area (Å²) in [4.78, 5) is 27.9. The van der Waals surface area contributed by atoms with Gasteiger partial charge in [0.1, 0.15) is 11.4 Å². The molecule has 33 heavy (non-hydrogen) atoms. The SMILES string of the molecule is CCNC(=O)C1(Cc2ccc(-c3ccccc3OC)cc2)CCN(C(=O)c2ccn(C)n2)C1. The molecule has 2 heterocycles. The Morgan fingerprint density at radius 2 is 1.88 bits per heavy atom. The number of hydrogen-bond acceptors (Lipinski definition) is 4. The van der Waals surface area contributed by atoms with Gasteiger partial charge in [-0.15, -0.1) is 0 Å². The Labute approximate surface area is 194 Å². The van der Waals surface area contributed by atoms with Gasteiger partial charge in [-0.2, -0.15) is 5.10 Å². The molecular weight excluding hydrogens is 416 g/mol. The second-order valence-corrected chi connectivity index (χ2v) is 8.57. The number of nitrogens with zero attached hydrogens (tertiary/aromatic N) is 3. The highest BCUT2D eigenvalue weighted by Crippen LogP contribution is 2.36. The number of nitrogens with one attached hydrogen (secondary N) is 1. The molecule has 2 aromatic carbocycles. The van der Waals surface area contributed by atoms with Crippen molar-refractivity contribution in [1.29, 1.82) is 0 Å². The first-order chi connectivity index (χ1) is 16.0. The number of benzene rings is 2. The molecule has 2 amide bonds. The number of rotatable bonds is 7. The number of carbonyl (C=O) groups is 2. The number of hydrogen-bond donors (Lipinski definition) is 1. The second kappa shape index (κ2) is 9.48. The van der Waals surface area contributed by atoms with E-state index in [2.05, 4.69) is 34.7 Å². The van der Waals surface area contributed by atoms with Gasteiger partial charge in [-0.3, -0.25) is 14.3 Å². The molecule has 0 spiro atoms. The van der Waals surface area contributed by atoms with Crippen molar-refractivity contribution in [3.05, 3.63) is 72.1 Å². The minimum Gasteiger partial charge on any atom is -0.496 e. The molecule has 1 aliphatic heterocycles. The van der Waals surface area contributed by atoms with Gasteiger partial charge in [0.15, 0.2) is 0 Å². The van der Waals surface area contributed by atoms with Crippen LogP contribution >= 0.6 is 0 Å². The van der Waals surface area contributed by atoms with E-state index in [1.54, 1.807) is 36.0 Å². The fourth-order valence-corrected chi connectivity index (χ4v) is 4.57. The van der Waals surface area contributed by atoms with Crippen LogP contribution in [0, 0.1) is 5.41 Å². The highest BCUT2D eigenvalue weighted by atomic mass is 16.5. The second-order valence-electron chi connectivity index (χ2n) is 8.57. The summed E-state index contributed by atoms with van der Waals surface area (Å²) in [5.74, 6) is 0.687. The summed E-state index contributed by atoms with van der Waals surface area (Å²) in [6.45, 7) is 3.38. The van der Waals surface area contributed by atoms with E-state index in [0.717, 1.165) is 22.4 Å². The van der Waals surface area contributed by atoms with Crippen LogP contribution in [0.4, 0.5) is 0 Å². The molecule has 0 bridgehead atoms. The molecule has 1 aliphatic rings. The zero-order chi connectivity index (χ0) is 23.4. The summed E-state index contributed by atoms with van der Waals surface area (Å²) >= 11 is 0. The lowest BCUT2D eigenvalue weighted by Crippen LogP contribution is -2.45. The van der Waals surface area contributed by atoms with Gasteiger partial charge < -0.3 is 15.0 Å². The highest BCUT2D eigenvalue weighted by Gasteiger charge is 2.46. The third-order valence-corrected chi connectivity index (χ3v) is 6.31. The Morgan fingerprint density at radius 3 is 2.55 bits per heavy atom. The van der Waals surface area contributed by atoms with Gasteiger partial charge in [0.05, 0.1) is 12.5 Å². The molecule has 172 valence electrons. The normalized spacial score (nSPS) is 17.7. The van der Waals surface area contributed by atoms with Crippen molar-refractivity contribution in [3.8, 4) is 16.9 Å². The van der Waals surface area contributed by atoms with Crippen LogP contribution in [-0.4, -0.2) is 53.2 Å². The van der Waals surface area contributed by atoms with Crippen LogP contribution in [0.15, 0.2) is 60.8 Å². The number of likely N-dealkylation sites (tertiary alicyclic amines) is 1. The third-order valence-electron chi connectivity index (χ3n) is 6.31. The van der Waals surface area contributed by atoms with Crippen LogP contribution in [0.25, 0.3) is 11.1 Å². The van der Waals surface area contributed by atoms with Crippen molar-refractivity contribution >= 4 is 11.8 Å². The van der Waals surface area contributed by atoms with Crippen molar-refractivity contribution in [2.75, 3.05) is 26.7 Å². The first kappa shape index (κ1) is 22.6. The van der Waals surface area contributed by atoms with Crippen LogP contribution in [-0.2, 0) is 18.3 Å². The Kier molecular flexibility index (Phi) is 6.49. The Balaban J connectivity index is 1.56. The molecule has 4 rings (SSSR count). The first-order valence-electron chi connectivity index (χ1n) is 11.3. The maximum absolute atomic E-state index is 13.2. The number of aromatic nitrogens is 2. The zero-order valence-electron chi connectivity index (χ0n) is 19.4. The number of ether oxygens (including phenoxy) is 1. The van der Waals surface area contributed by atoms with Crippen molar-refractivity contribution < 1.29 is 14.3 Å². The lowest BCUT2D eigenvalue weighted by Gasteiger charge is -2.28. The van der Waals surface area contributed by atoms with Gasteiger partial charge >= 0.3 is 0 Å². The molecule has 3 aromatic rings. The van der Waals surface area contributed by atoms with Crippen LogP contribution < -0.4 is 10.1 Å². The fraction of sp³-hybridized carbons (Fsp3) is 0.346. The Morgan fingerprint density at radius 1 is 1.12 bits per heavy atom. The van der Waals surface area contributed by atoms with E-state index >= 15 is 0 Å². The number of methoxy groups -OCH3 is 1. The van der Waals surface area contributed by atoms with Crippen molar-refractivity contribution in [3.63, 3.8) is 0 Å². The fourth-order valence-electron chi connectivity index (χ4n) is 4.57. The van der Waals surface area contributed by atoms with E-state index < -0.39 is 5.41 Å². The molecule has 1 N–H and O–H groups in total. The van der Waals surface area contributed by atoms with E-state index in [4.69, 9.17) is 4.74 Å². The van der Waals surface area contributed by atoms with E-state index in [0.29, 0.717) is 38.2 Å². The molecule has 0 saturated carbocycles. The van der Waals surface area contributed by atoms with Crippen molar-refractivity contribution in [1.82, 2.24) is 20.0 Å². The summed E-state index contributed by atoms with van der Waals surface area (Å²) in [7, 11) is 3.45. The molecule has 1 fully saturated rings. The summed E-state index contributed by atoms with van der Waals surface area (Å²) in [6.07, 6.45) is 2.94. The molecule has 1 unspecified atom stereocenters. The minimum atomic E-state index is -0.660. The summed E-state index contributed by atoms with van der Waals surface area (Å²) < 4.78 is 7.10. The molecule has 7 heteroatoms. The largest absolute Gasteiger partial charge is 0.496 e. The van der Waals surface area contributed by atoms with Gasteiger partial charge in [-0.1, -0.05) is 42.5 Å². The lowest BCUT2D eigenvalue weighted by molar-refractivity contribution is -0.130. The predicted octanol–water partition coefficient (Wildman–Crippen LogP) is 3.31. The van der Waals surface area contributed by atoms with E-state index in [-0.39, 0.29) is 11.8 Å². The molecule has 1 atom stereocenters. The van der Waals surface area contributed by atoms with Crippen LogP contribution in [0.5, 0.6) is 5.75 Å². The quantitative estimate of drug-likeness (QED) is 0.604. The van der Waals surface area contributed by atoms with Gasteiger partial charge in [0.2, 0.25) is 5.91 Å². The third kappa shape index (κ3) is 4.62. The summed E-state index contributed by atoms with van der Waals surface area (Å²) in [5, 5.41) is 7.23. The van der Waals surface area contributed by atoms with Gasteiger partial charge in [0, 0.05) is 38.4 Å². The molecule has 0 radical (unpaired) electrons. The van der Waals surface area contributed by atoms with Crippen molar-refractivity contribution in [2.24, 2.45) is 12.5 Å². The summed E-state index contributed by atoms with van der Waals surface area (Å²) in [5.41, 5.74) is 2.89. The molecule has 0 aliphatic carbocycles. The summed E-state index contributed by atoms with van der Waals surface area (Å²) in [6, 6.07) is 17.9. The Hall–Kier alpha value is -3.61. The van der Waals surface area contributed by atoms with Crippen molar-refractivity contribution in [2.45, 2.75) is 19.8 Å². The van der Waals surface area contributed by atoms with E-state index in [1.807, 2.05) is 31.2 Å². The average molecular weight is 447 g/mol. The first-order valence-corrected chi connectivity index (χ1v) is 11.3. The lowest BCUT2D eigenvalue weighted by atomic mass is 9.79. The monoisotopic (exact) mass is 446 g/mol. The van der Waals surface area contributed by atoms with Crippen LogP contribution in [0.3, 0.4) is 0 Å². The van der Waals surface area contributed by atoms with Gasteiger partial charge in [0.25, 0.3) is 5.91 Å². The highest BCUT2D eigenvalue weighted by molar-refractivity contribution is 5.93. The number of aryl methyl sites for hydroxylation is 1. The minimum absolute atomic E-state index is 0.00451. The molecule has 1 aromatic heterocycles. The number of para-hydroxylation sites is 1. The Bertz CT molecular complexity index is 1140. The average Bonchev–Trinajstić information content (AvgIpc) is 3.47. The van der Waals surface area contributed by atoms with E-state index in [1.165, 1.54) is 0 Å². The van der Waals surface area contributed by atoms with Crippen LogP contribution in [0.1, 0.15) is 29.4 Å². The molecule has 7 nitrogen and oxygen atoms in total. The standard InChI is InChI=1S/C26H30N4O3/c1-4-27-25(32)26(14-16-30(18-26)24(31)22-13-15-29(2)28-22)17-19-9-11-20(12-10-19)21-7-5-6-8-23(21)33-3/h5-13,15H,4,14,16-18H2,1-3H3,(H,27,32). The van der Waals surface area contributed by atoms with Crippen LogP contribution in [0.2, 0.25) is 0 Å². The zero-order valence-corrected chi connectivity index (χ0v) is 19.4. The number of carbonyl (C=O) groups excluding carboxylic acids is 2. The van der Waals surface area contributed by atoms with Gasteiger partial charge in [-0.25, -0.2) is 0 Å². The molecular formula is C26H30N4O3. The number of amides is 2. The maximum Gasteiger partial charge on any atom is 0.274 e. The predicted molar refractivity (Wildman–Crippen MR) is 127 cm³/mol. The van der Waals surface area contributed by atoms with E-state index in [9.17, 15) is 9.59 Å². The maximum atomic E-state index is 13.2.